The zero-order valence-electron chi connectivity index (χ0n) is 14.4. The minimum absolute atomic E-state index is 0.0701. The van der Waals surface area contributed by atoms with Crippen LogP contribution in [-0.2, 0) is 28.5 Å². The summed E-state index contributed by atoms with van der Waals surface area (Å²) in [6.07, 6.45) is 5.42. The molecule has 0 spiro atoms. The van der Waals surface area contributed by atoms with Gasteiger partial charge >= 0.3 is 5.97 Å². The first-order valence-corrected chi connectivity index (χ1v) is 8.30. The van der Waals surface area contributed by atoms with E-state index in [1.807, 2.05) is 26.0 Å². The summed E-state index contributed by atoms with van der Waals surface area (Å²) in [5.74, 6) is -1.04. The SMILES string of the molecule is CCC[C@H]1OC(=O)[C@@H](OCOC)CCC=C[C@@H]2OC(C)(C)O[C@@H]21. The lowest BCUT2D eigenvalue weighted by Crippen LogP contribution is -2.41. The summed E-state index contributed by atoms with van der Waals surface area (Å²) < 4.78 is 28.0. The van der Waals surface area contributed by atoms with E-state index in [4.69, 9.17) is 23.7 Å². The smallest absolute Gasteiger partial charge is 0.335 e. The van der Waals surface area contributed by atoms with Gasteiger partial charge in [-0.05, 0) is 33.1 Å². The molecule has 0 N–H and O–H groups in total. The summed E-state index contributed by atoms with van der Waals surface area (Å²) in [5.41, 5.74) is 0. The second-order valence-electron chi connectivity index (χ2n) is 6.40. The molecule has 0 aromatic rings. The van der Waals surface area contributed by atoms with Crippen LogP contribution in [0.15, 0.2) is 12.2 Å². The third-order valence-corrected chi connectivity index (χ3v) is 3.94. The Hall–Kier alpha value is -0.950. The van der Waals surface area contributed by atoms with Gasteiger partial charge in [0, 0.05) is 7.11 Å². The predicted molar refractivity (Wildman–Crippen MR) is 83.7 cm³/mol. The standard InChI is InChI=1S/C17H28O6/c1-5-8-12-15-13(22-17(2,3)23-15)9-6-7-10-14(16(18)21-12)20-11-19-4/h6,9,12-15H,5,7-8,10-11H2,1-4H3/t12-,13+,14+,15-/m1/s1. The summed E-state index contributed by atoms with van der Waals surface area (Å²) in [7, 11) is 1.53. The molecule has 6 heteroatoms. The van der Waals surface area contributed by atoms with Crippen LogP contribution >= 0.6 is 0 Å². The molecule has 2 rings (SSSR count). The molecule has 1 saturated heterocycles. The van der Waals surface area contributed by atoms with E-state index >= 15 is 0 Å². The molecule has 2 aliphatic heterocycles. The normalized spacial score (nSPS) is 34.0. The fourth-order valence-electron chi connectivity index (χ4n) is 2.95. The van der Waals surface area contributed by atoms with Gasteiger partial charge in [-0.1, -0.05) is 25.5 Å². The van der Waals surface area contributed by atoms with Crippen molar-refractivity contribution in [1.29, 1.82) is 0 Å². The molecule has 4 atom stereocenters. The summed E-state index contributed by atoms with van der Waals surface area (Å²) in [6, 6.07) is 0. The molecule has 0 unspecified atom stereocenters. The Balaban J connectivity index is 2.17. The molecule has 0 bridgehead atoms. The summed E-state index contributed by atoms with van der Waals surface area (Å²) >= 11 is 0. The van der Waals surface area contributed by atoms with Crippen LogP contribution in [0.25, 0.3) is 0 Å². The van der Waals surface area contributed by atoms with Gasteiger partial charge in [-0.15, -0.1) is 0 Å². The Kier molecular flexibility index (Phi) is 6.59. The predicted octanol–water partition coefficient (Wildman–Crippen LogP) is 2.56. The van der Waals surface area contributed by atoms with E-state index in [0.717, 1.165) is 12.8 Å². The Bertz CT molecular complexity index is 419. The van der Waals surface area contributed by atoms with Gasteiger partial charge in [-0.2, -0.15) is 0 Å². The molecule has 0 radical (unpaired) electrons. The van der Waals surface area contributed by atoms with Gasteiger partial charge in [-0.25, -0.2) is 4.79 Å². The van der Waals surface area contributed by atoms with Gasteiger partial charge in [0.1, 0.15) is 25.1 Å². The molecule has 0 aliphatic carbocycles. The monoisotopic (exact) mass is 328 g/mol. The Morgan fingerprint density at radius 2 is 2.13 bits per heavy atom. The maximum atomic E-state index is 12.4. The number of methoxy groups -OCH3 is 1. The van der Waals surface area contributed by atoms with Crippen molar-refractivity contribution in [2.24, 2.45) is 0 Å². The topological polar surface area (TPSA) is 63.2 Å². The highest BCUT2D eigenvalue weighted by Gasteiger charge is 2.45. The molecule has 0 aromatic heterocycles. The highest BCUT2D eigenvalue weighted by molar-refractivity contribution is 5.75. The molecule has 0 saturated carbocycles. The number of carbonyl (C=O) groups is 1. The van der Waals surface area contributed by atoms with Crippen molar-refractivity contribution in [2.75, 3.05) is 13.9 Å². The molecule has 0 amide bonds. The molecule has 2 heterocycles. The van der Waals surface area contributed by atoms with E-state index in [2.05, 4.69) is 6.92 Å². The van der Waals surface area contributed by atoms with Crippen LogP contribution in [0.2, 0.25) is 0 Å². The summed E-state index contributed by atoms with van der Waals surface area (Å²) in [6.45, 7) is 5.88. The molecule has 0 aromatic carbocycles. The van der Waals surface area contributed by atoms with Crippen molar-refractivity contribution in [3.8, 4) is 0 Å². The highest BCUT2D eigenvalue weighted by atomic mass is 16.8. The number of esters is 1. The lowest BCUT2D eigenvalue weighted by molar-refractivity contribution is -0.185. The van der Waals surface area contributed by atoms with Crippen LogP contribution in [0.5, 0.6) is 0 Å². The Morgan fingerprint density at radius 1 is 1.35 bits per heavy atom. The van der Waals surface area contributed by atoms with Crippen molar-refractivity contribution in [2.45, 2.75) is 76.7 Å². The maximum Gasteiger partial charge on any atom is 0.335 e. The van der Waals surface area contributed by atoms with Crippen LogP contribution < -0.4 is 0 Å². The number of hydrogen-bond donors (Lipinski definition) is 0. The molecule has 1 fully saturated rings. The van der Waals surface area contributed by atoms with Crippen LogP contribution in [0.1, 0.15) is 46.5 Å². The Morgan fingerprint density at radius 3 is 2.83 bits per heavy atom. The first-order valence-electron chi connectivity index (χ1n) is 8.30. The van der Waals surface area contributed by atoms with Crippen molar-refractivity contribution >= 4 is 5.97 Å². The lowest BCUT2D eigenvalue weighted by atomic mass is 10.0. The number of rotatable bonds is 5. The summed E-state index contributed by atoms with van der Waals surface area (Å²) in [5, 5.41) is 0. The fourth-order valence-corrected chi connectivity index (χ4v) is 2.95. The molecular formula is C17H28O6. The third-order valence-electron chi connectivity index (χ3n) is 3.94. The van der Waals surface area contributed by atoms with E-state index in [0.29, 0.717) is 12.8 Å². The zero-order chi connectivity index (χ0) is 16.9. The number of carbonyl (C=O) groups excluding carboxylic acids is 1. The minimum Gasteiger partial charge on any atom is -0.458 e. The minimum atomic E-state index is -0.682. The average Bonchev–Trinajstić information content (AvgIpc) is 2.80. The van der Waals surface area contributed by atoms with Crippen LogP contribution in [0, 0.1) is 0 Å². The van der Waals surface area contributed by atoms with Crippen molar-refractivity contribution < 1.29 is 28.5 Å². The van der Waals surface area contributed by atoms with Crippen LogP contribution in [0.3, 0.4) is 0 Å². The van der Waals surface area contributed by atoms with Crippen molar-refractivity contribution in [1.82, 2.24) is 0 Å². The quantitative estimate of drug-likeness (QED) is 0.439. The lowest BCUT2D eigenvalue weighted by Gasteiger charge is -2.28. The van der Waals surface area contributed by atoms with Gasteiger partial charge in [0.05, 0.1) is 0 Å². The molecule has 132 valence electrons. The number of allylic oxidation sites excluding steroid dienone is 1. The van der Waals surface area contributed by atoms with Crippen molar-refractivity contribution in [3.05, 3.63) is 12.2 Å². The second-order valence-corrected chi connectivity index (χ2v) is 6.40. The Labute approximate surface area is 138 Å². The van der Waals surface area contributed by atoms with Crippen LogP contribution in [0.4, 0.5) is 0 Å². The molecule has 23 heavy (non-hydrogen) atoms. The number of ether oxygens (including phenoxy) is 5. The van der Waals surface area contributed by atoms with Crippen molar-refractivity contribution in [3.63, 3.8) is 0 Å². The van der Waals surface area contributed by atoms with E-state index in [-0.39, 0.29) is 31.1 Å². The number of fused-ring (bicyclic) bond motifs is 1. The largest absolute Gasteiger partial charge is 0.458 e. The number of cyclic esters (lactones) is 1. The fraction of sp³-hybridized carbons (Fsp3) is 0.824. The summed E-state index contributed by atoms with van der Waals surface area (Å²) in [4.78, 5) is 12.4. The molecular weight excluding hydrogens is 300 g/mol. The van der Waals surface area contributed by atoms with Crippen LogP contribution in [-0.4, -0.2) is 50.1 Å². The maximum absolute atomic E-state index is 12.4. The molecule has 2 aliphatic rings. The first-order chi connectivity index (χ1) is 11.0. The van der Waals surface area contributed by atoms with E-state index in [1.165, 1.54) is 7.11 Å². The zero-order valence-corrected chi connectivity index (χ0v) is 14.4. The van der Waals surface area contributed by atoms with Gasteiger partial charge in [0.15, 0.2) is 11.9 Å². The molecule has 6 nitrogen and oxygen atoms in total. The van der Waals surface area contributed by atoms with Gasteiger partial charge in [0.25, 0.3) is 0 Å². The average molecular weight is 328 g/mol. The first kappa shape index (κ1) is 18.4. The van der Waals surface area contributed by atoms with Gasteiger partial charge < -0.3 is 23.7 Å². The highest BCUT2D eigenvalue weighted by Crippen LogP contribution is 2.34. The van der Waals surface area contributed by atoms with E-state index in [1.54, 1.807) is 0 Å². The third kappa shape index (κ3) is 5.01. The van der Waals surface area contributed by atoms with E-state index in [9.17, 15) is 4.79 Å². The van der Waals surface area contributed by atoms with Gasteiger partial charge in [0.2, 0.25) is 0 Å². The van der Waals surface area contributed by atoms with Gasteiger partial charge in [-0.3, -0.25) is 0 Å². The van der Waals surface area contributed by atoms with E-state index < -0.39 is 11.9 Å². The second kappa shape index (κ2) is 8.24. The number of hydrogen-bond acceptors (Lipinski definition) is 6.